The van der Waals surface area contributed by atoms with E-state index >= 15 is 0 Å². The van der Waals surface area contributed by atoms with Crippen molar-refractivity contribution in [1.82, 2.24) is 9.97 Å². The number of nitrogens with zero attached hydrogens (tertiary/aromatic N) is 2. The Balaban J connectivity index is 2.30. The number of hydrogen-bond acceptors (Lipinski definition) is 4. The van der Waals surface area contributed by atoms with Crippen LogP contribution < -0.4 is 4.72 Å². The zero-order valence-electron chi connectivity index (χ0n) is 10.5. The minimum absolute atomic E-state index is 0.0519. The van der Waals surface area contributed by atoms with Crippen molar-refractivity contribution in [3.05, 3.63) is 46.5 Å². The topological polar surface area (TPSA) is 72.0 Å². The minimum atomic E-state index is -3.80. The van der Waals surface area contributed by atoms with Gasteiger partial charge in [-0.25, -0.2) is 18.4 Å². The van der Waals surface area contributed by atoms with Crippen LogP contribution in [0.5, 0.6) is 0 Å². The maximum atomic E-state index is 12.2. The van der Waals surface area contributed by atoms with Gasteiger partial charge in [-0.05, 0) is 18.2 Å². The third-order valence-electron chi connectivity index (χ3n) is 2.46. The Kier molecular flexibility index (Phi) is 4.47. The summed E-state index contributed by atoms with van der Waals surface area (Å²) in [5.41, 5.74) is 0.271. The van der Waals surface area contributed by atoms with Crippen molar-refractivity contribution in [3.8, 4) is 0 Å². The molecule has 0 spiro atoms. The fourth-order valence-electron chi connectivity index (χ4n) is 1.49. The first-order chi connectivity index (χ1) is 9.42. The van der Waals surface area contributed by atoms with E-state index in [1.807, 2.05) is 6.92 Å². The van der Waals surface area contributed by atoms with E-state index in [0.717, 1.165) is 0 Å². The van der Waals surface area contributed by atoms with Crippen molar-refractivity contribution in [1.29, 1.82) is 0 Å². The molecule has 5 nitrogen and oxygen atoms in total. The number of benzene rings is 1. The Morgan fingerprint density at radius 2 is 1.85 bits per heavy atom. The summed E-state index contributed by atoms with van der Waals surface area (Å²) in [5, 5.41) is 0.417. The molecule has 0 amide bonds. The first-order valence-corrected chi connectivity index (χ1v) is 7.95. The number of sulfonamides is 1. The summed E-state index contributed by atoms with van der Waals surface area (Å²) in [6.45, 7) is 1.91. The van der Waals surface area contributed by atoms with Crippen LogP contribution in [0.2, 0.25) is 10.0 Å². The highest BCUT2D eigenvalue weighted by Crippen LogP contribution is 2.26. The molecule has 0 aliphatic rings. The molecule has 0 saturated carbocycles. The molecule has 0 atom stereocenters. The summed E-state index contributed by atoms with van der Waals surface area (Å²) in [5.74, 6) is 0.637. The van der Waals surface area contributed by atoms with Crippen LogP contribution >= 0.6 is 23.2 Å². The number of hydrogen-bond donors (Lipinski definition) is 1. The number of halogens is 2. The molecule has 0 saturated heterocycles. The molecule has 1 aromatic carbocycles. The van der Waals surface area contributed by atoms with Crippen molar-refractivity contribution in [3.63, 3.8) is 0 Å². The highest BCUT2D eigenvalue weighted by atomic mass is 35.5. The molecule has 2 aromatic rings. The van der Waals surface area contributed by atoms with E-state index in [2.05, 4.69) is 14.7 Å². The summed E-state index contributed by atoms with van der Waals surface area (Å²) in [4.78, 5) is 7.99. The summed E-state index contributed by atoms with van der Waals surface area (Å²) in [6, 6.07) is 4.17. The third kappa shape index (κ3) is 3.39. The van der Waals surface area contributed by atoms with Crippen molar-refractivity contribution < 1.29 is 8.42 Å². The number of nitrogens with one attached hydrogen (secondary N) is 1. The molecule has 20 heavy (non-hydrogen) atoms. The predicted octanol–water partition coefficient (Wildman–Crippen LogP) is 3.15. The Labute approximate surface area is 127 Å². The van der Waals surface area contributed by atoms with Crippen LogP contribution in [0.3, 0.4) is 0 Å². The summed E-state index contributed by atoms with van der Waals surface area (Å²) in [7, 11) is -3.80. The van der Waals surface area contributed by atoms with E-state index in [4.69, 9.17) is 23.2 Å². The van der Waals surface area contributed by atoms with Crippen molar-refractivity contribution in [2.75, 3.05) is 4.72 Å². The minimum Gasteiger partial charge on any atom is -0.276 e. The zero-order chi connectivity index (χ0) is 14.8. The first kappa shape index (κ1) is 15.0. The smallest absolute Gasteiger partial charge is 0.263 e. The number of aryl methyl sites for hydroxylation is 1. The Morgan fingerprint density at radius 3 is 2.40 bits per heavy atom. The molecule has 0 bridgehead atoms. The van der Waals surface area contributed by atoms with Gasteiger partial charge in [0.25, 0.3) is 10.0 Å². The highest BCUT2D eigenvalue weighted by molar-refractivity contribution is 7.92. The molecular formula is C12H11Cl2N3O2S. The van der Waals surface area contributed by atoms with Gasteiger partial charge in [0.2, 0.25) is 0 Å². The predicted molar refractivity (Wildman–Crippen MR) is 78.7 cm³/mol. The van der Waals surface area contributed by atoms with E-state index in [1.165, 1.54) is 30.6 Å². The number of rotatable bonds is 4. The highest BCUT2D eigenvalue weighted by Gasteiger charge is 2.18. The average Bonchev–Trinajstić information content (AvgIpc) is 2.38. The van der Waals surface area contributed by atoms with Gasteiger partial charge in [-0.15, -0.1) is 0 Å². The fraction of sp³-hybridized carbons (Fsp3) is 0.167. The van der Waals surface area contributed by atoms with Gasteiger partial charge in [-0.1, -0.05) is 30.1 Å². The van der Waals surface area contributed by atoms with Crippen molar-refractivity contribution in [2.45, 2.75) is 18.2 Å². The molecule has 2 rings (SSSR count). The second-order valence-corrected chi connectivity index (χ2v) is 6.42. The van der Waals surface area contributed by atoms with Crippen LogP contribution in [0, 0.1) is 0 Å². The molecule has 0 fully saturated rings. The Morgan fingerprint density at radius 1 is 1.20 bits per heavy atom. The lowest BCUT2D eigenvalue weighted by molar-refractivity contribution is 0.601. The standard InChI is InChI=1S/C12H11Cl2N3O2S/c1-2-12-15-6-9(7-16-12)17-20(18,19)11-4-3-8(13)5-10(11)14/h3-7,17H,2H2,1H3. The van der Waals surface area contributed by atoms with Gasteiger partial charge in [-0.3, -0.25) is 4.72 Å². The summed E-state index contributed by atoms with van der Waals surface area (Å²) >= 11 is 11.6. The SMILES string of the molecule is CCc1ncc(NS(=O)(=O)c2ccc(Cl)cc2Cl)cn1. The van der Waals surface area contributed by atoms with E-state index in [9.17, 15) is 8.42 Å². The first-order valence-electron chi connectivity index (χ1n) is 5.71. The largest absolute Gasteiger partial charge is 0.276 e. The van der Waals surface area contributed by atoms with Crippen LogP contribution in [0.25, 0.3) is 0 Å². The van der Waals surface area contributed by atoms with Crippen LogP contribution in [0.1, 0.15) is 12.7 Å². The van der Waals surface area contributed by atoms with Crippen LogP contribution in [-0.2, 0) is 16.4 Å². The lowest BCUT2D eigenvalue weighted by atomic mass is 10.4. The van der Waals surface area contributed by atoms with Crippen LogP contribution in [0.15, 0.2) is 35.5 Å². The van der Waals surface area contributed by atoms with Gasteiger partial charge >= 0.3 is 0 Å². The van der Waals surface area contributed by atoms with Gasteiger partial charge in [0, 0.05) is 11.4 Å². The molecule has 106 valence electrons. The van der Waals surface area contributed by atoms with Gasteiger partial charge < -0.3 is 0 Å². The molecule has 0 unspecified atom stereocenters. The van der Waals surface area contributed by atoms with Crippen LogP contribution in [-0.4, -0.2) is 18.4 Å². The summed E-state index contributed by atoms with van der Waals surface area (Å²) < 4.78 is 26.8. The average molecular weight is 332 g/mol. The summed E-state index contributed by atoms with van der Waals surface area (Å²) in [6.07, 6.45) is 3.50. The third-order valence-corrected chi connectivity index (χ3v) is 4.56. The number of aromatic nitrogens is 2. The van der Waals surface area contributed by atoms with E-state index in [1.54, 1.807) is 0 Å². The normalized spacial score (nSPS) is 11.3. The maximum Gasteiger partial charge on any atom is 0.263 e. The maximum absolute atomic E-state index is 12.2. The van der Waals surface area contributed by atoms with Crippen molar-refractivity contribution >= 4 is 38.9 Å². The van der Waals surface area contributed by atoms with E-state index in [-0.39, 0.29) is 15.6 Å². The lowest BCUT2D eigenvalue weighted by Gasteiger charge is -2.09. The van der Waals surface area contributed by atoms with Crippen molar-refractivity contribution in [2.24, 2.45) is 0 Å². The van der Waals surface area contributed by atoms with E-state index in [0.29, 0.717) is 17.3 Å². The van der Waals surface area contributed by atoms with Gasteiger partial charge in [0.1, 0.15) is 10.7 Å². The fourth-order valence-corrected chi connectivity index (χ4v) is 3.30. The quantitative estimate of drug-likeness (QED) is 0.934. The van der Waals surface area contributed by atoms with E-state index < -0.39 is 10.0 Å². The molecule has 1 N–H and O–H groups in total. The Bertz CT molecular complexity index is 718. The molecule has 0 radical (unpaired) electrons. The molecule has 0 aliphatic heterocycles. The molecular weight excluding hydrogens is 321 g/mol. The molecule has 8 heteroatoms. The number of anilines is 1. The lowest BCUT2D eigenvalue weighted by Crippen LogP contribution is -2.14. The molecule has 0 aliphatic carbocycles. The van der Waals surface area contributed by atoms with Crippen LogP contribution in [0.4, 0.5) is 5.69 Å². The molecule has 1 heterocycles. The zero-order valence-corrected chi connectivity index (χ0v) is 12.8. The second kappa shape index (κ2) is 5.95. The monoisotopic (exact) mass is 331 g/mol. The molecule has 1 aromatic heterocycles. The van der Waals surface area contributed by atoms with Gasteiger partial charge in [-0.2, -0.15) is 0 Å². The second-order valence-electron chi connectivity index (χ2n) is 3.92. The Hall–Kier alpha value is -1.37. The van der Waals surface area contributed by atoms with Gasteiger partial charge in [0.05, 0.1) is 23.1 Å². The van der Waals surface area contributed by atoms with Gasteiger partial charge in [0.15, 0.2) is 0 Å².